The molecule has 0 saturated heterocycles. The number of aromatic hydroxyl groups is 2. The minimum Gasteiger partial charge on any atom is -0.589 e. The molecule has 2 radical (unpaired) electrons. The molecular weight excluding hydrogens is 706 g/mol. The second kappa shape index (κ2) is 26.9. The van der Waals surface area contributed by atoms with Gasteiger partial charge in [-0.1, -0.05) is 64.8 Å². The fraction of sp³-hybridized carbons (Fsp3) is 0.290. The average molecular weight is 740 g/mol. The fourth-order valence-corrected chi connectivity index (χ4v) is 2.82. The summed E-state index contributed by atoms with van der Waals surface area (Å²) in [4.78, 5) is 60.8. The Bertz CT molecular complexity index is 1130. The zero-order valence-corrected chi connectivity index (χ0v) is 30.4. The Hall–Kier alpha value is -2.65. The standard InChI is InChI=1S/C17H14O4.2C4H3NO2.2C3H8.2Y/c18-7-5-14-10-12(1-3-16(14)20)9-13-2-4-17(21)15(11-13)6-8-19;2*6-3-1-2-4(7)5-3;2*1-3-2;;/h1-4,10-11,20-21H,5-6,9H2;2*1-2H,(H,5,6,7);2*3H2,1-2H3;;/q-2;;;;;;/p-2. The second-order valence-corrected chi connectivity index (χ2v) is 8.40. The van der Waals surface area contributed by atoms with Crippen LogP contribution < -0.4 is 0 Å². The average Bonchev–Trinajstić information content (AvgIpc) is 3.50. The summed E-state index contributed by atoms with van der Waals surface area (Å²) in [5.41, 5.74) is 2.90. The molecule has 2 aromatic rings. The molecule has 0 atom stereocenters. The van der Waals surface area contributed by atoms with Gasteiger partial charge in [0.1, 0.15) is 11.5 Å². The van der Waals surface area contributed by atoms with Crippen LogP contribution in [0.2, 0.25) is 0 Å². The number of hydrogen-bond donors (Lipinski definition) is 2. The Labute approximate surface area is 302 Å². The monoisotopic (exact) mass is 740 g/mol. The number of imide groups is 2. The predicted molar refractivity (Wildman–Crippen MR) is 155 cm³/mol. The molecule has 0 aromatic heterocycles. The minimum absolute atomic E-state index is 0. The van der Waals surface area contributed by atoms with Crippen molar-refractivity contribution in [2.75, 3.05) is 0 Å². The zero-order chi connectivity index (χ0) is 31.2. The first-order valence-electron chi connectivity index (χ1n) is 12.8. The van der Waals surface area contributed by atoms with E-state index in [2.05, 4.69) is 38.3 Å². The van der Waals surface area contributed by atoms with Crippen molar-refractivity contribution in [3.8, 4) is 11.5 Å². The molecule has 0 bridgehead atoms. The van der Waals surface area contributed by atoms with Crippen molar-refractivity contribution in [1.82, 2.24) is 0 Å². The van der Waals surface area contributed by atoms with Crippen LogP contribution >= 0.6 is 0 Å². The third-order valence-corrected chi connectivity index (χ3v) is 4.40. The molecule has 2 N–H and O–H groups in total. The van der Waals surface area contributed by atoms with E-state index in [1.807, 2.05) is 0 Å². The Morgan fingerprint density at radius 3 is 1.07 bits per heavy atom. The zero-order valence-electron chi connectivity index (χ0n) is 24.7. The SMILES string of the molecule is CCC.CCC.O=C1C=CC(=O)[N-]1.O=C1C=CC(=O)[N-]1.O=[C-]Cc1cc(Cc2ccc(O)c(C[C-]=O)c2)ccc1O.[Y].[Y]. The largest absolute Gasteiger partial charge is 0.589 e. The van der Waals surface area contributed by atoms with Crippen LogP contribution in [0.15, 0.2) is 60.7 Å². The van der Waals surface area contributed by atoms with Gasteiger partial charge in [0.15, 0.2) is 0 Å². The number of hydrogen-bond acceptors (Lipinski definition) is 8. The number of benzene rings is 2. The number of phenols is 2. The first-order valence-corrected chi connectivity index (χ1v) is 12.8. The normalized spacial score (nSPS) is 11.6. The van der Waals surface area contributed by atoms with Crippen LogP contribution in [0.4, 0.5) is 0 Å². The van der Waals surface area contributed by atoms with E-state index in [0.29, 0.717) is 17.5 Å². The molecule has 2 heterocycles. The summed E-state index contributed by atoms with van der Waals surface area (Å²) in [6.07, 6.45) is 11.2. The van der Waals surface area contributed by atoms with Gasteiger partial charge < -0.3 is 49.6 Å². The number of amides is 4. The van der Waals surface area contributed by atoms with E-state index in [4.69, 9.17) is 0 Å². The van der Waals surface area contributed by atoms with Crippen molar-refractivity contribution in [2.24, 2.45) is 0 Å². The molecule has 0 aliphatic carbocycles. The summed E-state index contributed by atoms with van der Waals surface area (Å²) in [6.45, 7) is 8.50. The summed E-state index contributed by atoms with van der Waals surface area (Å²) in [5.74, 6) is -1.67. The van der Waals surface area contributed by atoms with E-state index in [1.165, 1.54) is 12.8 Å². The quantitative estimate of drug-likeness (QED) is 0.315. The maximum absolute atomic E-state index is 10.4. The molecule has 4 rings (SSSR count). The number of carbonyl (C=O) groups is 4. The Balaban J connectivity index is -0.000000596. The molecule has 0 fully saturated rings. The smallest absolute Gasteiger partial charge is 0.116 e. The third kappa shape index (κ3) is 20.8. The molecule has 2 aliphatic rings. The summed E-state index contributed by atoms with van der Waals surface area (Å²) in [5, 5.41) is 25.3. The molecule has 226 valence electrons. The van der Waals surface area contributed by atoms with Crippen molar-refractivity contribution < 1.29 is 104 Å². The van der Waals surface area contributed by atoms with Crippen LogP contribution in [-0.4, -0.2) is 46.4 Å². The number of phenolic OH excluding ortho intramolecular Hbond substituents is 2. The van der Waals surface area contributed by atoms with Crippen LogP contribution in [-0.2, 0) is 113 Å². The van der Waals surface area contributed by atoms with Crippen molar-refractivity contribution in [3.05, 3.63) is 93.6 Å². The van der Waals surface area contributed by atoms with Gasteiger partial charge in [0, 0.05) is 65.4 Å². The van der Waals surface area contributed by atoms with Gasteiger partial charge in [0.05, 0.1) is 23.6 Å². The minimum atomic E-state index is -0.454. The van der Waals surface area contributed by atoms with Gasteiger partial charge >= 0.3 is 0 Å². The van der Waals surface area contributed by atoms with E-state index >= 15 is 0 Å². The third-order valence-electron chi connectivity index (χ3n) is 4.40. The summed E-state index contributed by atoms with van der Waals surface area (Å²) >= 11 is 0. The maximum atomic E-state index is 10.4. The van der Waals surface area contributed by atoms with Gasteiger partial charge in [0.2, 0.25) is 0 Å². The van der Waals surface area contributed by atoms with Gasteiger partial charge in [-0.15, -0.1) is 12.8 Å². The first-order chi connectivity index (χ1) is 19.5. The van der Waals surface area contributed by atoms with Crippen molar-refractivity contribution in [2.45, 2.75) is 59.8 Å². The number of rotatable bonds is 6. The van der Waals surface area contributed by atoms with E-state index in [0.717, 1.165) is 35.4 Å². The number of carbonyl (C=O) groups excluding carboxylic acids is 6. The molecule has 4 amide bonds. The van der Waals surface area contributed by atoms with E-state index in [1.54, 1.807) is 49.0 Å². The Kier molecular flexibility index (Phi) is 28.1. The van der Waals surface area contributed by atoms with Crippen molar-refractivity contribution in [1.29, 1.82) is 0 Å². The Morgan fingerprint density at radius 1 is 0.581 bits per heavy atom. The maximum Gasteiger partial charge on any atom is 0.116 e. The van der Waals surface area contributed by atoms with Gasteiger partial charge in [-0.25, -0.2) is 0 Å². The molecule has 12 heteroatoms. The van der Waals surface area contributed by atoms with E-state index < -0.39 is 23.6 Å². The van der Waals surface area contributed by atoms with E-state index in [-0.39, 0.29) is 89.8 Å². The summed E-state index contributed by atoms with van der Waals surface area (Å²) in [6, 6.07) is 10.1. The van der Waals surface area contributed by atoms with Gasteiger partial charge in [-0.3, -0.25) is 12.6 Å². The van der Waals surface area contributed by atoms with Crippen LogP contribution in [0, 0.1) is 0 Å². The fourth-order valence-electron chi connectivity index (χ4n) is 2.82. The van der Waals surface area contributed by atoms with Crippen molar-refractivity contribution in [3.63, 3.8) is 0 Å². The van der Waals surface area contributed by atoms with E-state index in [9.17, 15) is 39.0 Å². The molecule has 2 aliphatic heterocycles. The molecule has 2 aromatic carbocycles. The molecular formula is C31H34N2O8Y2-4. The molecule has 0 spiro atoms. The molecule has 0 saturated carbocycles. The first kappa shape index (κ1) is 44.8. The van der Waals surface area contributed by atoms with Gasteiger partial charge in [-0.05, 0) is 65.1 Å². The van der Waals surface area contributed by atoms with Gasteiger partial charge in [0.25, 0.3) is 0 Å². The van der Waals surface area contributed by atoms with Crippen LogP contribution in [0.5, 0.6) is 11.5 Å². The van der Waals surface area contributed by atoms with Crippen molar-refractivity contribution >= 4 is 36.2 Å². The Morgan fingerprint density at radius 2 is 0.860 bits per heavy atom. The predicted octanol–water partition coefficient (Wildman–Crippen LogP) is 4.79. The van der Waals surface area contributed by atoms with Gasteiger partial charge in [-0.2, -0.15) is 0 Å². The molecule has 0 unspecified atom stereocenters. The van der Waals surface area contributed by atoms with Crippen LogP contribution in [0.1, 0.15) is 62.8 Å². The molecule has 43 heavy (non-hydrogen) atoms. The van der Waals surface area contributed by atoms with Crippen LogP contribution in [0.25, 0.3) is 10.6 Å². The molecule has 10 nitrogen and oxygen atoms in total. The van der Waals surface area contributed by atoms with Crippen LogP contribution in [0.3, 0.4) is 0 Å². The summed E-state index contributed by atoms with van der Waals surface area (Å²) in [7, 11) is 0. The summed E-state index contributed by atoms with van der Waals surface area (Å²) < 4.78 is 0. The topological polar surface area (TPSA) is 171 Å². The number of nitrogens with zero attached hydrogens (tertiary/aromatic N) is 2. The second-order valence-electron chi connectivity index (χ2n) is 8.40.